The first-order chi connectivity index (χ1) is 11.8. The Hall–Kier alpha value is -2.36. The molecule has 1 amide bonds. The van der Waals surface area contributed by atoms with Gasteiger partial charge in [0.2, 0.25) is 5.91 Å². The van der Waals surface area contributed by atoms with E-state index in [1.165, 1.54) is 5.56 Å². The number of nitrogens with one attached hydrogen (secondary N) is 2. The van der Waals surface area contributed by atoms with Crippen molar-refractivity contribution in [2.45, 2.75) is 5.92 Å². The van der Waals surface area contributed by atoms with Gasteiger partial charge in [-0.05, 0) is 17.0 Å². The van der Waals surface area contributed by atoms with Crippen LogP contribution < -0.4 is 10.6 Å². The summed E-state index contributed by atoms with van der Waals surface area (Å²) in [5.74, 6) is 0.262. The Balaban J connectivity index is 0.00000182. The molecule has 0 aromatic heterocycles. The van der Waals surface area contributed by atoms with Crippen molar-refractivity contribution in [2.75, 3.05) is 18.4 Å². The van der Waals surface area contributed by atoms with Gasteiger partial charge in [0.1, 0.15) is 0 Å². The van der Waals surface area contributed by atoms with Crippen molar-refractivity contribution in [2.24, 2.45) is 5.92 Å². The summed E-state index contributed by atoms with van der Waals surface area (Å²) in [4.78, 5) is 12.9. The maximum absolute atomic E-state index is 12.9. The van der Waals surface area contributed by atoms with Crippen molar-refractivity contribution < 1.29 is 4.79 Å². The van der Waals surface area contributed by atoms with Gasteiger partial charge in [-0.1, -0.05) is 66.7 Å². The lowest BCUT2D eigenvalue weighted by Gasteiger charge is -2.19. The Bertz CT molecular complexity index is 861. The summed E-state index contributed by atoms with van der Waals surface area (Å²) in [7, 11) is 0. The molecule has 0 saturated carbocycles. The van der Waals surface area contributed by atoms with Gasteiger partial charge in [0.05, 0.1) is 5.92 Å². The Morgan fingerprint density at radius 1 is 0.880 bits per heavy atom. The van der Waals surface area contributed by atoms with E-state index in [4.69, 9.17) is 0 Å². The van der Waals surface area contributed by atoms with Crippen molar-refractivity contribution in [3.63, 3.8) is 0 Å². The van der Waals surface area contributed by atoms with Gasteiger partial charge >= 0.3 is 0 Å². The van der Waals surface area contributed by atoms with Gasteiger partial charge in [0, 0.05) is 30.1 Å². The molecule has 4 rings (SSSR count). The molecule has 4 heteroatoms. The molecule has 0 aliphatic carbocycles. The predicted octanol–water partition coefficient (Wildman–Crippen LogP) is 4.20. The van der Waals surface area contributed by atoms with Crippen LogP contribution in [-0.4, -0.2) is 19.0 Å². The van der Waals surface area contributed by atoms with Crippen molar-refractivity contribution in [1.29, 1.82) is 0 Å². The lowest BCUT2D eigenvalue weighted by Crippen LogP contribution is -2.28. The number of anilines is 1. The third-order valence-electron chi connectivity index (χ3n) is 4.83. The maximum atomic E-state index is 12.9. The molecule has 0 unspecified atom stereocenters. The van der Waals surface area contributed by atoms with E-state index in [0.717, 1.165) is 29.5 Å². The van der Waals surface area contributed by atoms with Gasteiger partial charge in [0.15, 0.2) is 0 Å². The minimum Gasteiger partial charge on any atom is -0.325 e. The molecule has 0 spiro atoms. The van der Waals surface area contributed by atoms with Crippen LogP contribution in [0.4, 0.5) is 5.69 Å². The number of hydrogen-bond donors (Lipinski definition) is 2. The summed E-state index contributed by atoms with van der Waals surface area (Å²) < 4.78 is 0. The SMILES string of the molecule is Cl.O=C(Nc1cccc2ccccc12)[C@H]1CNC[C@@H]1c1ccccc1. The normalized spacial score (nSPS) is 19.4. The molecule has 1 fully saturated rings. The maximum Gasteiger partial charge on any atom is 0.229 e. The van der Waals surface area contributed by atoms with Crippen LogP contribution in [0.15, 0.2) is 72.8 Å². The molecule has 25 heavy (non-hydrogen) atoms. The molecule has 0 radical (unpaired) electrons. The molecule has 2 atom stereocenters. The van der Waals surface area contributed by atoms with Crippen LogP contribution in [-0.2, 0) is 4.79 Å². The van der Waals surface area contributed by atoms with E-state index in [1.807, 2.05) is 48.5 Å². The Labute approximate surface area is 153 Å². The Morgan fingerprint density at radius 2 is 1.60 bits per heavy atom. The van der Waals surface area contributed by atoms with Crippen LogP contribution in [0.2, 0.25) is 0 Å². The Kier molecular flexibility index (Phi) is 5.37. The van der Waals surface area contributed by atoms with E-state index in [2.05, 4.69) is 34.9 Å². The molecule has 0 bridgehead atoms. The van der Waals surface area contributed by atoms with Crippen LogP contribution in [0.3, 0.4) is 0 Å². The summed E-state index contributed by atoms with van der Waals surface area (Å²) in [6, 6.07) is 24.4. The van der Waals surface area contributed by atoms with Crippen molar-refractivity contribution >= 4 is 34.8 Å². The smallest absolute Gasteiger partial charge is 0.229 e. The molecule has 3 nitrogen and oxygen atoms in total. The molecule has 1 aliphatic rings. The van der Waals surface area contributed by atoms with Gasteiger partial charge in [0.25, 0.3) is 0 Å². The number of amides is 1. The highest BCUT2D eigenvalue weighted by Gasteiger charge is 2.33. The highest BCUT2D eigenvalue weighted by atomic mass is 35.5. The predicted molar refractivity (Wildman–Crippen MR) is 105 cm³/mol. The van der Waals surface area contributed by atoms with E-state index < -0.39 is 0 Å². The number of rotatable bonds is 3. The van der Waals surface area contributed by atoms with Crippen LogP contribution in [0, 0.1) is 5.92 Å². The topological polar surface area (TPSA) is 41.1 Å². The molecule has 1 heterocycles. The van der Waals surface area contributed by atoms with Crippen LogP contribution in [0.5, 0.6) is 0 Å². The van der Waals surface area contributed by atoms with Crippen molar-refractivity contribution in [3.05, 3.63) is 78.4 Å². The molecule has 1 aliphatic heterocycles. The zero-order chi connectivity index (χ0) is 16.4. The molecule has 128 valence electrons. The number of fused-ring (bicyclic) bond motifs is 1. The zero-order valence-electron chi connectivity index (χ0n) is 13.8. The first-order valence-corrected chi connectivity index (χ1v) is 8.37. The average Bonchev–Trinajstić information content (AvgIpc) is 3.13. The second-order valence-electron chi connectivity index (χ2n) is 6.30. The number of carbonyl (C=O) groups is 1. The van der Waals surface area contributed by atoms with Gasteiger partial charge < -0.3 is 10.6 Å². The standard InChI is InChI=1S/C21H20N2O.ClH/c24-21(19-14-22-13-18(19)16-7-2-1-3-8-16)23-20-12-6-10-15-9-4-5-11-17(15)20;/h1-12,18-19,22H,13-14H2,(H,23,24);1H/t18-,19+;/m1./s1. The lowest BCUT2D eigenvalue weighted by molar-refractivity contribution is -0.119. The fourth-order valence-electron chi connectivity index (χ4n) is 3.56. The molecule has 3 aromatic carbocycles. The van der Waals surface area contributed by atoms with E-state index >= 15 is 0 Å². The molecule has 3 aromatic rings. The molecular weight excluding hydrogens is 332 g/mol. The molecule has 1 saturated heterocycles. The van der Waals surface area contributed by atoms with E-state index in [-0.39, 0.29) is 30.2 Å². The Morgan fingerprint density at radius 3 is 2.44 bits per heavy atom. The zero-order valence-corrected chi connectivity index (χ0v) is 14.6. The third-order valence-corrected chi connectivity index (χ3v) is 4.83. The number of hydrogen-bond acceptors (Lipinski definition) is 2. The van der Waals surface area contributed by atoms with Crippen LogP contribution >= 0.6 is 12.4 Å². The highest BCUT2D eigenvalue weighted by molar-refractivity contribution is 6.03. The van der Waals surface area contributed by atoms with Gasteiger partial charge in [-0.2, -0.15) is 0 Å². The first kappa shape index (κ1) is 17.5. The van der Waals surface area contributed by atoms with Crippen LogP contribution in [0.1, 0.15) is 11.5 Å². The summed E-state index contributed by atoms with van der Waals surface area (Å²) in [5.41, 5.74) is 2.11. The fraction of sp³-hybridized carbons (Fsp3) is 0.190. The number of halogens is 1. The van der Waals surface area contributed by atoms with Gasteiger partial charge in [-0.25, -0.2) is 0 Å². The first-order valence-electron chi connectivity index (χ1n) is 8.37. The molecule has 2 N–H and O–H groups in total. The van der Waals surface area contributed by atoms with Gasteiger partial charge in [-0.3, -0.25) is 4.79 Å². The van der Waals surface area contributed by atoms with E-state index in [1.54, 1.807) is 0 Å². The third kappa shape index (κ3) is 3.53. The second kappa shape index (κ2) is 7.68. The largest absolute Gasteiger partial charge is 0.325 e. The lowest BCUT2D eigenvalue weighted by atomic mass is 9.88. The minimum absolute atomic E-state index is 0. The van der Waals surface area contributed by atoms with Gasteiger partial charge in [-0.15, -0.1) is 12.4 Å². The monoisotopic (exact) mass is 352 g/mol. The van der Waals surface area contributed by atoms with Crippen molar-refractivity contribution in [3.8, 4) is 0 Å². The summed E-state index contributed by atoms with van der Waals surface area (Å²) >= 11 is 0. The summed E-state index contributed by atoms with van der Waals surface area (Å²) in [6.07, 6.45) is 0. The second-order valence-corrected chi connectivity index (χ2v) is 6.30. The van der Waals surface area contributed by atoms with Crippen molar-refractivity contribution in [1.82, 2.24) is 5.32 Å². The average molecular weight is 353 g/mol. The fourth-order valence-corrected chi connectivity index (χ4v) is 3.56. The van der Waals surface area contributed by atoms with E-state index in [9.17, 15) is 4.79 Å². The minimum atomic E-state index is -0.0497. The van der Waals surface area contributed by atoms with E-state index in [0.29, 0.717) is 0 Å². The highest BCUT2D eigenvalue weighted by Crippen LogP contribution is 2.30. The number of carbonyl (C=O) groups excluding carboxylic acids is 1. The summed E-state index contributed by atoms with van der Waals surface area (Å²) in [6.45, 7) is 1.56. The van der Waals surface area contributed by atoms with Crippen LogP contribution in [0.25, 0.3) is 10.8 Å². The quantitative estimate of drug-likeness (QED) is 0.741. The molecular formula is C21H21ClN2O. The number of benzene rings is 3. The summed E-state index contributed by atoms with van der Waals surface area (Å²) in [5, 5.41) is 8.73.